The van der Waals surface area contributed by atoms with Crippen molar-refractivity contribution in [3.8, 4) is 0 Å². The smallest absolute Gasteiger partial charge is 0.239 e. The van der Waals surface area contributed by atoms with E-state index in [4.69, 9.17) is 10.5 Å². The van der Waals surface area contributed by atoms with Gasteiger partial charge in [0.05, 0.1) is 18.7 Å². The van der Waals surface area contributed by atoms with Crippen LogP contribution in [0.2, 0.25) is 0 Å². The average Bonchev–Trinajstić information content (AvgIpc) is 3.03. The standard InChI is InChI=1S/C17H31N3O3.ClH/c1-4-23-13-9-12(17(13)7-5-6-8-17)20-14(21)10-19-16(22)15(18)11(2)3;/h11-13,15H,4-10,18H2,1-3H3,(H,19,22)(H,20,21);1H/t12?,13?,15-;/m0./s1. The van der Waals surface area contributed by atoms with Crippen molar-refractivity contribution in [2.24, 2.45) is 17.1 Å². The van der Waals surface area contributed by atoms with Crippen molar-refractivity contribution in [3.05, 3.63) is 0 Å². The lowest BCUT2D eigenvalue weighted by atomic mass is 9.60. The highest BCUT2D eigenvalue weighted by Crippen LogP contribution is 2.54. The molecule has 0 radical (unpaired) electrons. The topological polar surface area (TPSA) is 93.5 Å². The molecule has 2 saturated carbocycles. The number of rotatable bonds is 7. The molecular formula is C17H32ClN3O3. The molecule has 0 aromatic heterocycles. The third-order valence-electron chi connectivity index (χ3n) is 5.47. The van der Waals surface area contributed by atoms with Gasteiger partial charge in [0.25, 0.3) is 0 Å². The maximum atomic E-state index is 12.1. The zero-order valence-corrected chi connectivity index (χ0v) is 15.8. The summed E-state index contributed by atoms with van der Waals surface area (Å²) in [5.74, 6) is -0.356. The Balaban J connectivity index is 0.00000288. The molecule has 2 aliphatic carbocycles. The van der Waals surface area contributed by atoms with Gasteiger partial charge >= 0.3 is 0 Å². The van der Waals surface area contributed by atoms with Crippen LogP contribution in [-0.4, -0.2) is 43.2 Å². The first kappa shape index (κ1) is 21.2. The predicted molar refractivity (Wildman–Crippen MR) is 95.9 cm³/mol. The molecule has 3 atom stereocenters. The summed E-state index contributed by atoms with van der Waals surface area (Å²) in [6, 6.07) is -0.403. The van der Waals surface area contributed by atoms with E-state index >= 15 is 0 Å². The van der Waals surface area contributed by atoms with Gasteiger partial charge in [-0.1, -0.05) is 26.7 Å². The van der Waals surface area contributed by atoms with Crippen LogP contribution < -0.4 is 16.4 Å². The van der Waals surface area contributed by atoms with Crippen LogP contribution in [0.5, 0.6) is 0 Å². The summed E-state index contributed by atoms with van der Waals surface area (Å²) in [6.07, 6.45) is 5.79. The largest absolute Gasteiger partial charge is 0.378 e. The molecule has 0 heterocycles. The first-order chi connectivity index (χ1) is 10.9. The van der Waals surface area contributed by atoms with E-state index < -0.39 is 6.04 Å². The van der Waals surface area contributed by atoms with Crippen LogP contribution in [0, 0.1) is 11.3 Å². The summed E-state index contributed by atoms with van der Waals surface area (Å²) in [4.78, 5) is 23.9. The highest BCUT2D eigenvalue weighted by molar-refractivity contribution is 5.87. The second-order valence-corrected chi connectivity index (χ2v) is 7.23. The van der Waals surface area contributed by atoms with Gasteiger partial charge in [0.1, 0.15) is 0 Å². The summed E-state index contributed by atoms with van der Waals surface area (Å²) in [7, 11) is 0. The fraction of sp³-hybridized carbons (Fsp3) is 0.882. The van der Waals surface area contributed by atoms with Gasteiger partial charge in [0.2, 0.25) is 11.8 Å². The summed E-state index contributed by atoms with van der Waals surface area (Å²) in [5, 5.41) is 5.71. The van der Waals surface area contributed by atoms with Crippen LogP contribution in [0.25, 0.3) is 0 Å². The third kappa shape index (κ3) is 4.41. The quantitative estimate of drug-likeness (QED) is 0.638. The molecule has 0 saturated heterocycles. The van der Waals surface area contributed by atoms with Crippen molar-refractivity contribution in [1.82, 2.24) is 10.6 Å². The van der Waals surface area contributed by atoms with Gasteiger partial charge in [-0.3, -0.25) is 9.59 Å². The van der Waals surface area contributed by atoms with Gasteiger partial charge in [-0.15, -0.1) is 12.4 Å². The van der Waals surface area contributed by atoms with Gasteiger partial charge in [-0.05, 0) is 32.1 Å². The maximum absolute atomic E-state index is 12.1. The molecule has 2 rings (SSSR count). The Hall–Kier alpha value is -0.850. The van der Waals surface area contributed by atoms with E-state index in [2.05, 4.69) is 10.6 Å². The fourth-order valence-corrected chi connectivity index (χ4v) is 3.92. The summed E-state index contributed by atoms with van der Waals surface area (Å²) >= 11 is 0. The molecule has 0 aliphatic heterocycles. The van der Waals surface area contributed by atoms with E-state index in [0.29, 0.717) is 0 Å². The van der Waals surface area contributed by atoms with Gasteiger partial charge in [0, 0.05) is 18.1 Å². The molecule has 2 fully saturated rings. The Morgan fingerprint density at radius 3 is 2.46 bits per heavy atom. The van der Waals surface area contributed by atoms with Crippen molar-refractivity contribution < 1.29 is 14.3 Å². The number of halogens is 1. The SMILES string of the molecule is CCOC1CC(NC(=O)CNC(=O)[C@@H](N)C(C)C)C12CCCC2.Cl. The minimum absolute atomic E-state index is 0. The minimum Gasteiger partial charge on any atom is -0.378 e. The predicted octanol–water partition coefficient (Wildman–Crippen LogP) is 1.36. The number of amides is 2. The Kier molecular flexibility index (Phi) is 7.96. The molecular weight excluding hydrogens is 330 g/mol. The van der Waals surface area contributed by atoms with Crippen LogP contribution in [0.3, 0.4) is 0 Å². The Bertz CT molecular complexity index is 439. The summed E-state index contributed by atoms with van der Waals surface area (Å²) < 4.78 is 5.85. The van der Waals surface area contributed by atoms with Crippen LogP contribution in [0.15, 0.2) is 0 Å². The van der Waals surface area contributed by atoms with E-state index in [0.717, 1.165) is 25.9 Å². The van der Waals surface area contributed by atoms with Crippen LogP contribution in [-0.2, 0) is 14.3 Å². The third-order valence-corrected chi connectivity index (χ3v) is 5.47. The Morgan fingerprint density at radius 2 is 1.92 bits per heavy atom. The van der Waals surface area contributed by atoms with Crippen molar-refractivity contribution in [1.29, 1.82) is 0 Å². The lowest BCUT2D eigenvalue weighted by Gasteiger charge is -2.54. The fourth-order valence-electron chi connectivity index (χ4n) is 3.92. The zero-order valence-electron chi connectivity index (χ0n) is 15.0. The number of hydrogen-bond acceptors (Lipinski definition) is 4. The molecule has 1 spiro atoms. The molecule has 4 N–H and O–H groups in total. The molecule has 2 unspecified atom stereocenters. The average molecular weight is 362 g/mol. The second-order valence-electron chi connectivity index (χ2n) is 7.23. The van der Waals surface area contributed by atoms with Gasteiger partial charge in [0.15, 0.2) is 0 Å². The lowest BCUT2D eigenvalue weighted by molar-refractivity contribution is -0.144. The number of nitrogens with one attached hydrogen (secondary N) is 2. The molecule has 2 amide bonds. The lowest BCUT2D eigenvalue weighted by Crippen LogP contribution is -2.64. The Morgan fingerprint density at radius 1 is 1.29 bits per heavy atom. The normalized spacial score (nSPS) is 25.7. The maximum Gasteiger partial charge on any atom is 0.239 e. The first-order valence-electron chi connectivity index (χ1n) is 8.85. The number of carbonyl (C=O) groups is 2. The highest BCUT2D eigenvalue weighted by atomic mass is 35.5. The van der Waals surface area contributed by atoms with Crippen molar-refractivity contribution in [2.45, 2.75) is 71.1 Å². The molecule has 7 heteroatoms. The van der Waals surface area contributed by atoms with Crippen molar-refractivity contribution in [3.63, 3.8) is 0 Å². The second kappa shape index (κ2) is 9.02. The molecule has 2 aliphatic rings. The van der Waals surface area contributed by atoms with Crippen LogP contribution in [0.1, 0.15) is 52.9 Å². The number of nitrogens with two attached hydrogens (primary N) is 1. The van der Waals surface area contributed by atoms with E-state index in [1.54, 1.807) is 0 Å². The number of ether oxygens (including phenoxy) is 1. The molecule has 0 aromatic rings. The zero-order chi connectivity index (χ0) is 17.0. The Labute approximate surface area is 151 Å². The number of carbonyl (C=O) groups excluding carboxylic acids is 2. The summed E-state index contributed by atoms with van der Waals surface area (Å²) in [5.41, 5.74) is 5.89. The minimum atomic E-state index is -0.574. The molecule has 0 aromatic carbocycles. The molecule has 6 nitrogen and oxygen atoms in total. The number of hydrogen-bond donors (Lipinski definition) is 3. The van der Waals surface area contributed by atoms with Gasteiger partial charge < -0.3 is 21.1 Å². The first-order valence-corrected chi connectivity index (χ1v) is 8.85. The van der Waals surface area contributed by atoms with E-state index in [1.807, 2.05) is 20.8 Å². The van der Waals surface area contributed by atoms with E-state index in [-0.39, 0.29) is 54.2 Å². The van der Waals surface area contributed by atoms with Crippen LogP contribution in [0.4, 0.5) is 0 Å². The van der Waals surface area contributed by atoms with E-state index in [9.17, 15) is 9.59 Å². The van der Waals surface area contributed by atoms with Crippen LogP contribution >= 0.6 is 12.4 Å². The highest BCUT2D eigenvalue weighted by Gasteiger charge is 2.57. The van der Waals surface area contributed by atoms with E-state index in [1.165, 1.54) is 12.8 Å². The molecule has 0 bridgehead atoms. The van der Waals surface area contributed by atoms with Crippen molar-refractivity contribution >= 4 is 24.2 Å². The summed E-state index contributed by atoms with van der Waals surface area (Å²) in [6.45, 7) is 6.50. The molecule has 24 heavy (non-hydrogen) atoms. The monoisotopic (exact) mass is 361 g/mol. The van der Waals surface area contributed by atoms with Gasteiger partial charge in [-0.25, -0.2) is 0 Å². The molecule has 140 valence electrons. The van der Waals surface area contributed by atoms with Crippen molar-refractivity contribution in [2.75, 3.05) is 13.2 Å². The van der Waals surface area contributed by atoms with Gasteiger partial charge in [-0.2, -0.15) is 0 Å².